The van der Waals surface area contributed by atoms with E-state index in [2.05, 4.69) is 10.2 Å². The fourth-order valence-corrected chi connectivity index (χ4v) is 3.54. The first-order chi connectivity index (χ1) is 10.3. The number of hydrogen-bond acceptors (Lipinski definition) is 4. The average molecular weight is 312 g/mol. The average Bonchev–Trinajstić information content (AvgIpc) is 2.99. The van der Waals surface area contributed by atoms with Crippen molar-refractivity contribution in [3.63, 3.8) is 0 Å². The monoisotopic (exact) mass is 312 g/mol. The fraction of sp³-hybridized carbons (Fsp3) is 0.625. The second kappa shape index (κ2) is 9.41. The molecule has 1 unspecified atom stereocenters. The molecule has 3 nitrogen and oxygen atoms in total. The van der Waals surface area contributed by atoms with E-state index in [1.807, 2.05) is 12.1 Å². The molecule has 5 heteroatoms. The molecule has 1 atom stereocenters. The van der Waals surface area contributed by atoms with Crippen molar-refractivity contribution in [2.75, 3.05) is 45.6 Å². The number of thioether (sulfide) groups is 1. The summed E-state index contributed by atoms with van der Waals surface area (Å²) in [6.07, 6.45) is 2.52. The Bertz CT molecular complexity index is 413. The minimum Gasteiger partial charge on any atom is -0.383 e. The van der Waals surface area contributed by atoms with Crippen molar-refractivity contribution < 1.29 is 9.13 Å². The molecule has 0 radical (unpaired) electrons. The summed E-state index contributed by atoms with van der Waals surface area (Å²) >= 11 is 1.59. The Kier molecular flexibility index (Phi) is 7.50. The highest BCUT2D eigenvalue weighted by Crippen LogP contribution is 2.21. The Morgan fingerprint density at radius 2 is 2.24 bits per heavy atom. The van der Waals surface area contributed by atoms with Gasteiger partial charge in [-0.15, -0.1) is 11.8 Å². The van der Waals surface area contributed by atoms with Crippen molar-refractivity contribution in [1.29, 1.82) is 0 Å². The van der Waals surface area contributed by atoms with Gasteiger partial charge in [-0.25, -0.2) is 4.39 Å². The van der Waals surface area contributed by atoms with Gasteiger partial charge in [0.05, 0.1) is 6.61 Å². The summed E-state index contributed by atoms with van der Waals surface area (Å²) in [5, 5.41) is 3.53. The maximum Gasteiger partial charge on any atom is 0.136 e. The number of rotatable bonds is 9. The third kappa shape index (κ3) is 5.94. The van der Waals surface area contributed by atoms with Crippen molar-refractivity contribution >= 4 is 11.8 Å². The minimum absolute atomic E-state index is 0.122. The van der Waals surface area contributed by atoms with Crippen LogP contribution in [0.2, 0.25) is 0 Å². The fourth-order valence-electron chi connectivity index (χ4n) is 2.59. The van der Waals surface area contributed by atoms with Gasteiger partial charge in [0.25, 0.3) is 0 Å². The number of nitrogens with one attached hydrogen (secondary N) is 1. The predicted octanol–water partition coefficient (Wildman–Crippen LogP) is 2.62. The van der Waals surface area contributed by atoms with Crippen LogP contribution in [0.4, 0.5) is 4.39 Å². The number of hydrogen-bond donors (Lipinski definition) is 1. The number of halogens is 1. The molecule has 1 N–H and O–H groups in total. The SMILES string of the molecule is COCCN(CCSc1ccccc1F)CC1CCCN1. The van der Waals surface area contributed by atoms with Gasteiger partial charge in [-0.1, -0.05) is 12.1 Å². The van der Waals surface area contributed by atoms with E-state index in [1.54, 1.807) is 24.9 Å². The van der Waals surface area contributed by atoms with Crippen molar-refractivity contribution in [2.24, 2.45) is 0 Å². The summed E-state index contributed by atoms with van der Waals surface area (Å²) in [6, 6.07) is 7.58. The first-order valence-electron chi connectivity index (χ1n) is 7.61. The molecule has 1 heterocycles. The van der Waals surface area contributed by atoms with E-state index in [0.717, 1.165) is 43.4 Å². The van der Waals surface area contributed by atoms with Crippen LogP contribution in [0.25, 0.3) is 0 Å². The van der Waals surface area contributed by atoms with E-state index in [1.165, 1.54) is 18.9 Å². The Morgan fingerprint density at radius 3 is 2.95 bits per heavy atom. The zero-order valence-electron chi connectivity index (χ0n) is 12.7. The van der Waals surface area contributed by atoms with Gasteiger partial charge in [-0.3, -0.25) is 4.90 Å². The van der Waals surface area contributed by atoms with E-state index in [9.17, 15) is 4.39 Å². The molecule has 1 saturated heterocycles. The van der Waals surface area contributed by atoms with Crippen LogP contribution in [0.1, 0.15) is 12.8 Å². The lowest BCUT2D eigenvalue weighted by Gasteiger charge is -2.25. The highest BCUT2D eigenvalue weighted by Gasteiger charge is 2.17. The number of nitrogens with zero attached hydrogens (tertiary/aromatic N) is 1. The lowest BCUT2D eigenvalue weighted by atomic mass is 10.2. The highest BCUT2D eigenvalue weighted by atomic mass is 32.2. The summed E-state index contributed by atoms with van der Waals surface area (Å²) in [4.78, 5) is 3.16. The quantitative estimate of drug-likeness (QED) is 0.709. The molecule has 1 aliphatic heterocycles. The van der Waals surface area contributed by atoms with Gasteiger partial charge in [-0.05, 0) is 31.5 Å². The molecule has 0 bridgehead atoms. The maximum atomic E-state index is 13.6. The molecule has 0 spiro atoms. The molecule has 2 rings (SSSR count). The van der Waals surface area contributed by atoms with Gasteiger partial charge in [0.1, 0.15) is 5.82 Å². The van der Waals surface area contributed by atoms with Crippen LogP contribution in [0.15, 0.2) is 29.2 Å². The molecule has 0 saturated carbocycles. The van der Waals surface area contributed by atoms with E-state index >= 15 is 0 Å². The van der Waals surface area contributed by atoms with E-state index in [4.69, 9.17) is 4.74 Å². The summed E-state index contributed by atoms with van der Waals surface area (Å²) in [6.45, 7) is 4.83. The van der Waals surface area contributed by atoms with Crippen LogP contribution < -0.4 is 5.32 Å². The van der Waals surface area contributed by atoms with Gasteiger partial charge in [0, 0.05) is 43.4 Å². The Labute approximate surface area is 131 Å². The maximum absolute atomic E-state index is 13.6. The summed E-state index contributed by atoms with van der Waals surface area (Å²) < 4.78 is 18.8. The normalized spacial score (nSPS) is 18.5. The van der Waals surface area contributed by atoms with Crippen LogP contribution in [0.5, 0.6) is 0 Å². The van der Waals surface area contributed by atoms with Crippen LogP contribution >= 0.6 is 11.8 Å². The molecule has 1 aromatic carbocycles. The summed E-state index contributed by atoms with van der Waals surface area (Å²) in [7, 11) is 1.74. The predicted molar refractivity (Wildman–Crippen MR) is 86.5 cm³/mol. The highest BCUT2D eigenvalue weighted by molar-refractivity contribution is 7.99. The molecule has 1 aliphatic rings. The largest absolute Gasteiger partial charge is 0.383 e. The Hall–Kier alpha value is -0.620. The topological polar surface area (TPSA) is 24.5 Å². The first-order valence-corrected chi connectivity index (χ1v) is 8.60. The minimum atomic E-state index is -0.122. The van der Waals surface area contributed by atoms with Crippen molar-refractivity contribution in [2.45, 2.75) is 23.8 Å². The van der Waals surface area contributed by atoms with Crippen LogP contribution in [-0.2, 0) is 4.74 Å². The molecule has 21 heavy (non-hydrogen) atoms. The van der Waals surface area contributed by atoms with Gasteiger partial charge in [-0.2, -0.15) is 0 Å². The third-order valence-corrected chi connectivity index (χ3v) is 4.78. The van der Waals surface area contributed by atoms with E-state index < -0.39 is 0 Å². The standard InChI is InChI=1S/C16H25FN2OS/c1-20-11-9-19(13-14-5-4-8-18-14)10-12-21-16-7-3-2-6-15(16)17/h2-3,6-7,14,18H,4-5,8-13H2,1H3. The van der Waals surface area contributed by atoms with Gasteiger partial charge >= 0.3 is 0 Å². The van der Waals surface area contributed by atoms with E-state index in [0.29, 0.717) is 6.04 Å². The smallest absolute Gasteiger partial charge is 0.136 e. The second-order valence-corrected chi connectivity index (χ2v) is 6.50. The third-order valence-electron chi connectivity index (χ3n) is 3.75. The van der Waals surface area contributed by atoms with Gasteiger partial charge < -0.3 is 10.1 Å². The molecule has 118 valence electrons. The van der Waals surface area contributed by atoms with Crippen LogP contribution in [0.3, 0.4) is 0 Å². The molecular formula is C16H25FN2OS. The lowest BCUT2D eigenvalue weighted by Crippen LogP contribution is -2.40. The van der Waals surface area contributed by atoms with Crippen LogP contribution in [0, 0.1) is 5.82 Å². The number of benzene rings is 1. The molecular weight excluding hydrogens is 287 g/mol. The first kappa shape index (κ1) is 16.7. The zero-order valence-corrected chi connectivity index (χ0v) is 13.5. The molecule has 1 aromatic rings. The molecule has 0 aliphatic carbocycles. The number of ether oxygens (including phenoxy) is 1. The Morgan fingerprint density at radius 1 is 1.38 bits per heavy atom. The van der Waals surface area contributed by atoms with E-state index in [-0.39, 0.29) is 5.82 Å². The lowest BCUT2D eigenvalue weighted by molar-refractivity contribution is 0.146. The second-order valence-electron chi connectivity index (χ2n) is 5.37. The van der Waals surface area contributed by atoms with Crippen molar-refractivity contribution in [3.8, 4) is 0 Å². The van der Waals surface area contributed by atoms with Crippen molar-refractivity contribution in [3.05, 3.63) is 30.1 Å². The molecule has 1 fully saturated rings. The zero-order chi connectivity index (χ0) is 14.9. The van der Waals surface area contributed by atoms with Gasteiger partial charge in [0.15, 0.2) is 0 Å². The van der Waals surface area contributed by atoms with Gasteiger partial charge in [0.2, 0.25) is 0 Å². The molecule has 0 aromatic heterocycles. The summed E-state index contributed by atoms with van der Waals surface area (Å²) in [5.41, 5.74) is 0. The number of methoxy groups -OCH3 is 1. The Balaban J connectivity index is 1.76. The van der Waals surface area contributed by atoms with Crippen LogP contribution in [-0.4, -0.2) is 56.6 Å². The molecule has 0 amide bonds. The van der Waals surface area contributed by atoms with Crippen molar-refractivity contribution in [1.82, 2.24) is 10.2 Å². The summed E-state index contributed by atoms with van der Waals surface area (Å²) in [5.74, 6) is 0.778.